The van der Waals surface area contributed by atoms with Gasteiger partial charge in [0.2, 0.25) is 5.89 Å². The second-order valence-electron chi connectivity index (χ2n) is 7.74. The predicted molar refractivity (Wildman–Crippen MR) is 125 cm³/mol. The third kappa shape index (κ3) is 6.73. The number of carbonyl (C=O) groups is 1. The molecule has 1 heterocycles. The zero-order chi connectivity index (χ0) is 24.0. The average molecular weight is 474 g/mol. The van der Waals surface area contributed by atoms with E-state index in [0.717, 1.165) is 11.3 Å². The Hall–Kier alpha value is -3.03. The van der Waals surface area contributed by atoms with Crippen LogP contribution in [-0.4, -0.2) is 34.9 Å². The number of halogens is 1. The minimum atomic E-state index is -1.02. The highest BCUT2D eigenvalue weighted by atomic mass is 35.5. The number of hydrogen-bond donors (Lipinski definition) is 1. The number of aliphatic carboxylic acids is 1. The molecule has 7 nitrogen and oxygen atoms in total. The van der Waals surface area contributed by atoms with E-state index in [0.29, 0.717) is 40.3 Å². The Morgan fingerprint density at radius 1 is 1.15 bits per heavy atom. The number of aryl methyl sites for hydroxylation is 1. The highest BCUT2D eigenvalue weighted by molar-refractivity contribution is 6.31. The molecule has 1 N–H and O–H groups in total. The van der Waals surface area contributed by atoms with Gasteiger partial charge in [0, 0.05) is 23.6 Å². The smallest absolute Gasteiger partial charge is 0.333 e. The minimum absolute atomic E-state index is 0.106. The number of rotatable bonds is 11. The van der Waals surface area contributed by atoms with Crippen LogP contribution in [0.3, 0.4) is 0 Å². The monoisotopic (exact) mass is 473 g/mol. The lowest BCUT2D eigenvalue weighted by atomic mass is 10.1. The summed E-state index contributed by atoms with van der Waals surface area (Å²) in [4.78, 5) is 15.9. The van der Waals surface area contributed by atoms with Crippen molar-refractivity contribution >= 4 is 17.6 Å². The number of benzene rings is 2. The number of aromatic nitrogens is 1. The molecule has 0 fully saturated rings. The summed E-state index contributed by atoms with van der Waals surface area (Å²) in [7, 11) is 0. The predicted octanol–water partition coefficient (Wildman–Crippen LogP) is 5.70. The SMILES string of the molecule is CCO[C@@H](Cc1ccc(OCc2nc(-c3ccc(OC(C)C)cc3)oc2C)cc1Cl)C(=O)O. The van der Waals surface area contributed by atoms with Crippen LogP contribution in [0.4, 0.5) is 0 Å². The van der Waals surface area contributed by atoms with Crippen molar-refractivity contribution < 1.29 is 28.5 Å². The highest BCUT2D eigenvalue weighted by Crippen LogP contribution is 2.27. The molecule has 176 valence electrons. The molecule has 0 amide bonds. The molecular formula is C25H28ClNO6. The second kappa shape index (κ2) is 11.2. The minimum Gasteiger partial charge on any atom is -0.491 e. The largest absolute Gasteiger partial charge is 0.491 e. The van der Waals surface area contributed by atoms with Gasteiger partial charge >= 0.3 is 5.97 Å². The molecule has 0 aliphatic rings. The van der Waals surface area contributed by atoms with Crippen LogP contribution < -0.4 is 9.47 Å². The van der Waals surface area contributed by atoms with Gasteiger partial charge in [-0.3, -0.25) is 0 Å². The number of hydrogen-bond acceptors (Lipinski definition) is 6. The fourth-order valence-corrected chi connectivity index (χ4v) is 3.43. The fourth-order valence-electron chi connectivity index (χ4n) is 3.19. The van der Waals surface area contributed by atoms with Crippen LogP contribution in [0.25, 0.3) is 11.5 Å². The maximum Gasteiger partial charge on any atom is 0.333 e. The molecule has 0 saturated heterocycles. The van der Waals surface area contributed by atoms with Crippen LogP contribution in [0, 0.1) is 6.92 Å². The molecule has 0 bridgehead atoms. The van der Waals surface area contributed by atoms with Crippen LogP contribution in [-0.2, 0) is 22.6 Å². The Labute approximate surface area is 198 Å². The number of oxazole rings is 1. The topological polar surface area (TPSA) is 91.0 Å². The van der Waals surface area contributed by atoms with Crippen LogP contribution in [0.5, 0.6) is 11.5 Å². The number of carboxylic acids is 1. The molecule has 0 aliphatic carbocycles. The van der Waals surface area contributed by atoms with Crippen molar-refractivity contribution in [1.29, 1.82) is 0 Å². The first kappa shape index (κ1) is 24.6. The van der Waals surface area contributed by atoms with Gasteiger partial charge in [-0.05, 0) is 69.7 Å². The first-order chi connectivity index (χ1) is 15.8. The van der Waals surface area contributed by atoms with Gasteiger partial charge in [0.25, 0.3) is 0 Å². The van der Waals surface area contributed by atoms with Gasteiger partial charge in [-0.25, -0.2) is 9.78 Å². The van der Waals surface area contributed by atoms with Crippen molar-refractivity contribution in [1.82, 2.24) is 4.98 Å². The van der Waals surface area contributed by atoms with Gasteiger partial charge in [0.15, 0.2) is 6.10 Å². The van der Waals surface area contributed by atoms with Crippen LogP contribution in [0.1, 0.15) is 37.8 Å². The lowest BCUT2D eigenvalue weighted by Gasteiger charge is -2.14. The molecule has 0 saturated carbocycles. The average Bonchev–Trinajstić information content (AvgIpc) is 3.14. The molecule has 1 atom stereocenters. The van der Waals surface area contributed by atoms with E-state index in [1.54, 1.807) is 25.1 Å². The zero-order valence-electron chi connectivity index (χ0n) is 19.1. The van der Waals surface area contributed by atoms with Crippen LogP contribution in [0.2, 0.25) is 5.02 Å². The van der Waals surface area contributed by atoms with Gasteiger partial charge in [-0.15, -0.1) is 0 Å². The van der Waals surface area contributed by atoms with E-state index in [-0.39, 0.29) is 19.1 Å². The Kier molecular flexibility index (Phi) is 8.36. The Bertz CT molecular complexity index is 1080. The summed E-state index contributed by atoms with van der Waals surface area (Å²) in [5.74, 6) is 1.48. The highest BCUT2D eigenvalue weighted by Gasteiger charge is 2.20. The summed E-state index contributed by atoms with van der Waals surface area (Å²) in [6.07, 6.45) is -0.661. The van der Waals surface area contributed by atoms with Crippen molar-refractivity contribution in [2.45, 2.75) is 52.9 Å². The summed E-state index contributed by atoms with van der Waals surface area (Å²) < 4.78 is 22.6. The first-order valence-corrected chi connectivity index (χ1v) is 11.1. The van der Waals surface area contributed by atoms with E-state index in [1.807, 2.05) is 45.0 Å². The van der Waals surface area contributed by atoms with Gasteiger partial charge in [-0.2, -0.15) is 0 Å². The molecular weight excluding hydrogens is 446 g/mol. The third-order valence-electron chi connectivity index (χ3n) is 4.81. The van der Waals surface area contributed by atoms with Crippen molar-refractivity contribution in [3.05, 3.63) is 64.5 Å². The van der Waals surface area contributed by atoms with Crippen LogP contribution in [0.15, 0.2) is 46.9 Å². The molecule has 0 aliphatic heterocycles. The second-order valence-corrected chi connectivity index (χ2v) is 8.15. The third-order valence-corrected chi connectivity index (χ3v) is 5.17. The summed E-state index contributed by atoms with van der Waals surface area (Å²) in [6.45, 7) is 8.06. The van der Waals surface area contributed by atoms with E-state index >= 15 is 0 Å². The summed E-state index contributed by atoms with van der Waals surface area (Å²) in [5.41, 5.74) is 2.19. The van der Waals surface area contributed by atoms with Gasteiger partial charge in [-0.1, -0.05) is 17.7 Å². The van der Waals surface area contributed by atoms with E-state index in [1.165, 1.54) is 0 Å². The zero-order valence-corrected chi connectivity index (χ0v) is 19.9. The van der Waals surface area contributed by atoms with Crippen molar-refractivity contribution in [3.8, 4) is 23.0 Å². The van der Waals surface area contributed by atoms with E-state index in [2.05, 4.69) is 4.98 Å². The molecule has 0 spiro atoms. The number of carboxylic acid groups (broad SMARTS) is 1. The summed E-state index contributed by atoms with van der Waals surface area (Å²) in [6, 6.07) is 12.7. The quantitative estimate of drug-likeness (QED) is 0.381. The van der Waals surface area contributed by atoms with Crippen molar-refractivity contribution in [2.24, 2.45) is 0 Å². The Balaban J connectivity index is 1.65. The molecule has 2 aromatic carbocycles. The van der Waals surface area contributed by atoms with E-state index in [9.17, 15) is 9.90 Å². The van der Waals surface area contributed by atoms with Crippen LogP contribution >= 0.6 is 11.6 Å². The summed E-state index contributed by atoms with van der Waals surface area (Å²) in [5, 5.41) is 9.68. The van der Waals surface area contributed by atoms with E-state index < -0.39 is 12.1 Å². The maximum absolute atomic E-state index is 11.3. The summed E-state index contributed by atoms with van der Waals surface area (Å²) >= 11 is 6.35. The molecule has 0 unspecified atom stereocenters. The molecule has 1 aromatic heterocycles. The molecule has 33 heavy (non-hydrogen) atoms. The Morgan fingerprint density at radius 2 is 1.85 bits per heavy atom. The number of nitrogens with zero attached hydrogens (tertiary/aromatic N) is 1. The number of ether oxygens (including phenoxy) is 3. The normalized spacial score (nSPS) is 12.1. The van der Waals surface area contributed by atoms with Gasteiger partial charge < -0.3 is 23.7 Å². The van der Waals surface area contributed by atoms with E-state index in [4.69, 9.17) is 30.2 Å². The first-order valence-electron chi connectivity index (χ1n) is 10.8. The Morgan fingerprint density at radius 3 is 2.45 bits per heavy atom. The van der Waals surface area contributed by atoms with Gasteiger partial charge in [0.05, 0.1) is 6.10 Å². The molecule has 0 radical (unpaired) electrons. The van der Waals surface area contributed by atoms with Crippen molar-refractivity contribution in [3.63, 3.8) is 0 Å². The maximum atomic E-state index is 11.3. The molecule has 3 aromatic rings. The lowest BCUT2D eigenvalue weighted by molar-refractivity contribution is -0.149. The van der Waals surface area contributed by atoms with Gasteiger partial charge in [0.1, 0.15) is 29.6 Å². The standard InChI is InChI=1S/C25H28ClNO6/c1-5-30-23(25(28)29)12-18-8-11-20(13-21(18)26)31-14-22-16(4)33-24(27-22)17-6-9-19(10-7-17)32-15(2)3/h6-11,13,15,23H,5,12,14H2,1-4H3,(H,28,29)/t23-/m0/s1. The molecule has 3 rings (SSSR count). The lowest BCUT2D eigenvalue weighted by Crippen LogP contribution is -2.26. The van der Waals surface area contributed by atoms with Crippen molar-refractivity contribution in [2.75, 3.05) is 6.61 Å². The fraction of sp³-hybridized carbons (Fsp3) is 0.360. The molecule has 8 heteroatoms.